The fourth-order valence-electron chi connectivity index (χ4n) is 3.66. The number of hydrogen-bond acceptors (Lipinski definition) is 6. The Morgan fingerprint density at radius 1 is 1.15 bits per heavy atom. The van der Waals surface area contributed by atoms with E-state index in [1.54, 1.807) is 11.3 Å². The van der Waals surface area contributed by atoms with Gasteiger partial charge in [0.05, 0.1) is 10.9 Å². The van der Waals surface area contributed by atoms with Gasteiger partial charge in [0.25, 0.3) is 5.91 Å². The summed E-state index contributed by atoms with van der Waals surface area (Å²) < 4.78 is 11.3. The molecule has 2 aliphatic heterocycles. The zero-order chi connectivity index (χ0) is 18.2. The topological polar surface area (TPSA) is 51.7 Å². The molecule has 2 aliphatic rings. The van der Waals surface area contributed by atoms with E-state index in [4.69, 9.17) is 9.47 Å². The molecule has 0 saturated carbocycles. The monoisotopic (exact) mass is 398 g/mol. The lowest BCUT2D eigenvalue weighted by atomic mass is 10.0. The summed E-state index contributed by atoms with van der Waals surface area (Å²) in [7, 11) is 0. The van der Waals surface area contributed by atoms with Crippen LogP contribution in [0.4, 0.5) is 0 Å². The molecule has 5 nitrogen and oxygen atoms in total. The number of aromatic nitrogens is 1. The number of ether oxygens (including phenoxy) is 2. The Labute approximate surface area is 165 Å². The molecule has 0 radical (unpaired) electrons. The van der Waals surface area contributed by atoms with E-state index in [2.05, 4.69) is 4.98 Å². The standard InChI is InChI=1S/C20H18N2O3S2/c23-20(14-12-27-19(21-14)18-4-2-10-26-18)22-7-1-3-15(22)13-5-6-16-17(11-13)25-9-8-24-16/h2,4-6,10-12,15H,1,3,7-9H2. The SMILES string of the molecule is O=C(c1csc(-c2cccs2)n1)N1CCCC1c1ccc2c(c1)OCCO2. The van der Waals surface area contributed by atoms with Gasteiger partial charge >= 0.3 is 0 Å². The molecule has 0 N–H and O–H groups in total. The maximum atomic E-state index is 13.1. The second-order valence-electron chi connectivity index (χ2n) is 6.57. The van der Waals surface area contributed by atoms with Crippen LogP contribution in [0, 0.1) is 0 Å². The van der Waals surface area contributed by atoms with Gasteiger partial charge in [0.15, 0.2) is 11.5 Å². The van der Waals surface area contributed by atoms with Crippen molar-refractivity contribution < 1.29 is 14.3 Å². The Hall–Kier alpha value is -2.38. The van der Waals surface area contributed by atoms with Crippen LogP contribution in [0.2, 0.25) is 0 Å². The van der Waals surface area contributed by atoms with Crippen molar-refractivity contribution >= 4 is 28.6 Å². The predicted octanol–water partition coefficient (Wildman–Crippen LogP) is 4.62. The van der Waals surface area contributed by atoms with Gasteiger partial charge < -0.3 is 14.4 Å². The molecule has 3 aromatic rings. The lowest BCUT2D eigenvalue weighted by Crippen LogP contribution is -2.30. The number of nitrogens with zero attached hydrogens (tertiary/aromatic N) is 2. The van der Waals surface area contributed by atoms with Gasteiger partial charge in [0.1, 0.15) is 23.9 Å². The first-order chi connectivity index (χ1) is 13.3. The highest BCUT2D eigenvalue weighted by atomic mass is 32.1. The number of rotatable bonds is 3. The summed E-state index contributed by atoms with van der Waals surface area (Å²) in [4.78, 5) is 20.8. The van der Waals surface area contributed by atoms with Crippen LogP contribution in [0.15, 0.2) is 41.1 Å². The van der Waals surface area contributed by atoms with Crippen molar-refractivity contribution in [3.63, 3.8) is 0 Å². The summed E-state index contributed by atoms with van der Waals surface area (Å²) in [5.41, 5.74) is 1.63. The molecule has 138 valence electrons. The Morgan fingerprint density at radius 3 is 2.89 bits per heavy atom. The van der Waals surface area contributed by atoms with Gasteiger partial charge in [0.2, 0.25) is 0 Å². The average molecular weight is 399 g/mol. The molecule has 1 saturated heterocycles. The zero-order valence-corrected chi connectivity index (χ0v) is 16.2. The van der Waals surface area contributed by atoms with Gasteiger partial charge in [0, 0.05) is 11.9 Å². The molecule has 0 bridgehead atoms. The molecule has 7 heteroatoms. The molecule has 5 rings (SSSR count). The molecule has 1 unspecified atom stereocenters. The third-order valence-corrected chi connectivity index (χ3v) is 6.80. The predicted molar refractivity (Wildman–Crippen MR) is 106 cm³/mol. The largest absolute Gasteiger partial charge is 0.486 e. The van der Waals surface area contributed by atoms with Crippen molar-refractivity contribution in [2.45, 2.75) is 18.9 Å². The minimum absolute atomic E-state index is 0.00597. The minimum Gasteiger partial charge on any atom is -0.486 e. The van der Waals surface area contributed by atoms with Gasteiger partial charge in [-0.15, -0.1) is 22.7 Å². The molecule has 2 aromatic heterocycles. The Kier molecular flexibility index (Phi) is 4.33. The Bertz CT molecular complexity index is 968. The van der Waals surface area contributed by atoms with E-state index >= 15 is 0 Å². The molecular formula is C20H18N2O3S2. The molecule has 1 atom stereocenters. The molecule has 1 fully saturated rings. The van der Waals surface area contributed by atoms with E-state index in [-0.39, 0.29) is 11.9 Å². The lowest BCUT2D eigenvalue weighted by Gasteiger charge is -2.26. The Balaban J connectivity index is 1.40. The van der Waals surface area contributed by atoms with Crippen LogP contribution in [0.3, 0.4) is 0 Å². The van der Waals surface area contributed by atoms with Crippen LogP contribution >= 0.6 is 22.7 Å². The molecule has 0 spiro atoms. The number of carbonyl (C=O) groups excluding carboxylic acids is 1. The quantitative estimate of drug-likeness (QED) is 0.646. The second kappa shape index (κ2) is 6.98. The van der Waals surface area contributed by atoms with E-state index in [1.807, 2.05) is 46.0 Å². The van der Waals surface area contributed by atoms with E-state index in [0.717, 1.165) is 46.3 Å². The maximum absolute atomic E-state index is 13.1. The van der Waals surface area contributed by atoms with E-state index in [1.165, 1.54) is 11.3 Å². The van der Waals surface area contributed by atoms with Crippen molar-refractivity contribution in [3.8, 4) is 21.4 Å². The molecule has 0 aliphatic carbocycles. The lowest BCUT2D eigenvalue weighted by molar-refractivity contribution is 0.0730. The highest BCUT2D eigenvalue weighted by Gasteiger charge is 2.32. The van der Waals surface area contributed by atoms with Crippen molar-refractivity contribution in [1.29, 1.82) is 0 Å². The average Bonchev–Trinajstić information content (AvgIpc) is 3.48. The highest BCUT2D eigenvalue weighted by Crippen LogP contribution is 2.39. The molecule has 1 aromatic carbocycles. The highest BCUT2D eigenvalue weighted by molar-refractivity contribution is 7.20. The third-order valence-electron chi connectivity index (χ3n) is 4.92. The fraction of sp³-hybridized carbons (Fsp3) is 0.300. The minimum atomic E-state index is 0.00597. The van der Waals surface area contributed by atoms with Gasteiger partial charge in [-0.25, -0.2) is 4.98 Å². The number of hydrogen-bond donors (Lipinski definition) is 0. The van der Waals surface area contributed by atoms with E-state index < -0.39 is 0 Å². The van der Waals surface area contributed by atoms with Crippen molar-refractivity contribution in [2.24, 2.45) is 0 Å². The Morgan fingerprint density at radius 2 is 2.04 bits per heavy atom. The van der Waals surface area contributed by atoms with Crippen LogP contribution in [0.5, 0.6) is 11.5 Å². The number of thiazole rings is 1. The number of amides is 1. The van der Waals surface area contributed by atoms with Crippen LogP contribution in [-0.2, 0) is 0 Å². The number of likely N-dealkylation sites (tertiary alicyclic amines) is 1. The normalized spacial score (nSPS) is 18.7. The van der Waals surface area contributed by atoms with Crippen molar-refractivity contribution in [1.82, 2.24) is 9.88 Å². The van der Waals surface area contributed by atoms with Crippen molar-refractivity contribution in [2.75, 3.05) is 19.8 Å². The summed E-state index contributed by atoms with van der Waals surface area (Å²) in [5.74, 6) is 1.55. The maximum Gasteiger partial charge on any atom is 0.273 e. The van der Waals surface area contributed by atoms with Crippen LogP contribution in [-0.4, -0.2) is 35.5 Å². The summed E-state index contributed by atoms with van der Waals surface area (Å²) in [6.45, 7) is 1.90. The first-order valence-corrected chi connectivity index (χ1v) is 10.8. The van der Waals surface area contributed by atoms with Gasteiger partial charge in [-0.2, -0.15) is 0 Å². The van der Waals surface area contributed by atoms with Gasteiger partial charge in [-0.1, -0.05) is 12.1 Å². The first kappa shape index (κ1) is 16.8. The summed E-state index contributed by atoms with van der Waals surface area (Å²) >= 11 is 3.17. The first-order valence-electron chi connectivity index (χ1n) is 8.99. The third kappa shape index (κ3) is 3.11. The van der Waals surface area contributed by atoms with E-state index in [0.29, 0.717) is 18.9 Å². The molecule has 27 heavy (non-hydrogen) atoms. The number of thiophene rings is 1. The summed E-state index contributed by atoms with van der Waals surface area (Å²) in [6, 6.07) is 10.1. The molecule has 1 amide bonds. The molecule has 4 heterocycles. The number of fused-ring (bicyclic) bond motifs is 1. The smallest absolute Gasteiger partial charge is 0.273 e. The molecular weight excluding hydrogens is 380 g/mol. The van der Waals surface area contributed by atoms with Gasteiger partial charge in [-0.3, -0.25) is 4.79 Å². The zero-order valence-electron chi connectivity index (χ0n) is 14.6. The number of carbonyl (C=O) groups is 1. The van der Waals surface area contributed by atoms with Gasteiger partial charge in [-0.05, 0) is 42.0 Å². The second-order valence-corrected chi connectivity index (χ2v) is 8.38. The van der Waals surface area contributed by atoms with Crippen LogP contribution in [0.1, 0.15) is 34.9 Å². The van der Waals surface area contributed by atoms with Crippen molar-refractivity contribution in [3.05, 3.63) is 52.3 Å². The summed E-state index contributed by atoms with van der Waals surface area (Å²) in [6.07, 6.45) is 1.94. The van der Waals surface area contributed by atoms with Crippen LogP contribution in [0.25, 0.3) is 9.88 Å². The number of benzene rings is 1. The fourth-order valence-corrected chi connectivity index (χ4v) is 5.26. The van der Waals surface area contributed by atoms with Crippen LogP contribution < -0.4 is 9.47 Å². The summed E-state index contributed by atoms with van der Waals surface area (Å²) in [5, 5.41) is 4.80. The van der Waals surface area contributed by atoms with E-state index in [9.17, 15) is 4.79 Å².